The quantitative estimate of drug-likeness (QED) is 0.744. The predicted molar refractivity (Wildman–Crippen MR) is 106 cm³/mol. The molecule has 2 aliphatic rings. The number of aromatic nitrogens is 3. The van der Waals surface area contributed by atoms with Gasteiger partial charge in [0, 0.05) is 29.8 Å². The molecule has 0 aliphatic carbocycles. The molecule has 7 nitrogen and oxygen atoms in total. The average molecular weight is 357 g/mol. The van der Waals surface area contributed by atoms with Crippen LogP contribution in [0, 0.1) is 0 Å². The molecule has 3 heterocycles. The molecule has 3 aromatic rings. The minimum absolute atomic E-state index is 0.827. The highest BCUT2D eigenvalue weighted by atomic mass is 15.4. The summed E-state index contributed by atoms with van der Waals surface area (Å²) in [4.78, 5) is 8.93. The summed E-state index contributed by atoms with van der Waals surface area (Å²) in [5, 5.41) is 15.2. The van der Waals surface area contributed by atoms with Crippen LogP contribution in [0.2, 0.25) is 0 Å². The Morgan fingerprint density at radius 1 is 0.778 bits per heavy atom. The first-order valence-corrected chi connectivity index (χ1v) is 9.07. The van der Waals surface area contributed by atoms with Crippen LogP contribution < -0.4 is 10.6 Å². The van der Waals surface area contributed by atoms with Crippen molar-refractivity contribution in [3.05, 3.63) is 65.9 Å². The standard InChI is InChI=1S/C20H19N7/c1-2-15(12-16(3-1)20-23-10-11-24-20)18-13-27(26-25-18)17-6-4-14(5-7-17)19-21-8-9-22-19/h1-7,12-13H,8-11H2,(H,21,22)(H,23,24). The second kappa shape index (κ2) is 6.68. The summed E-state index contributed by atoms with van der Waals surface area (Å²) in [6.07, 6.45) is 1.95. The molecule has 0 saturated carbocycles. The molecule has 134 valence electrons. The highest BCUT2D eigenvalue weighted by Crippen LogP contribution is 2.20. The molecule has 0 unspecified atom stereocenters. The maximum atomic E-state index is 4.48. The summed E-state index contributed by atoms with van der Waals surface area (Å²) >= 11 is 0. The first-order valence-electron chi connectivity index (χ1n) is 9.07. The second-order valence-corrected chi connectivity index (χ2v) is 6.49. The Morgan fingerprint density at radius 2 is 1.48 bits per heavy atom. The molecule has 0 atom stereocenters. The Morgan fingerprint density at radius 3 is 2.19 bits per heavy atom. The van der Waals surface area contributed by atoms with Crippen molar-refractivity contribution < 1.29 is 0 Å². The Hall–Kier alpha value is -3.48. The number of nitrogens with zero attached hydrogens (tertiary/aromatic N) is 5. The van der Waals surface area contributed by atoms with E-state index in [9.17, 15) is 0 Å². The van der Waals surface area contributed by atoms with Crippen LogP contribution in [0.1, 0.15) is 11.1 Å². The maximum Gasteiger partial charge on any atom is 0.128 e. The van der Waals surface area contributed by atoms with Gasteiger partial charge in [0.2, 0.25) is 0 Å². The van der Waals surface area contributed by atoms with Gasteiger partial charge in [-0.25, -0.2) is 4.68 Å². The van der Waals surface area contributed by atoms with Gasteiger partial charge in [0.25, 0.3) is 0 Å². The molecule has 2 aromatic carbocycles. The van der Waals surface area contributed by atoms with Gasteiger partial charge in [0.1, 0.15) is 17.4 Å². The normalized spacial score (nSPS) is 15.9. The van der Waals surface area contributed by atoms with E-state index in [0.717, 1.165) is 65.9 Å². The largest absolute Gasteiger partial charge is 0.368 e. The van der Waals surface area contributed by atoms with Gasteiger partial charge in [-0.1, -0.05) is 23.4 Å². The fraction of sp³-hybridized carbons (Fsp3) is 0.200. The monoisotopic (exact) mass is 357 g/mol. The third-order valence-electron chi connectivity index (χ3n) is 4.68. The van der Waals surface area contributed by atoms with Crippen molar-refractivity contribution in [3.8, 4) is 16.9 Å². The smallest absolute Gasteiger partial charge is 0.128 e. The van der Waals surface area contributed by atoms with E-state index in [0.29, 0.717) is 0 Å². The van der Waals surface area contributed by atoms with Crippen LogP contribution in [0.4, 0.5) is 0 Å². The summed E-state index contributed by atoms with van der Waals surface area (Å²) < 4.78 is 1.79. The lowest BCUT2D eigenvalue weighted by molar-refractivity contribution is 0.804. The molecule has 7 heteroatoms. The molecule has 2 N–H and O–H groups in total. The van der Waals surface area contributed by atoms with E-state index >= 15 is 0 Å². The summed E-state index contributed by atoms with van der Waals surface area (Å²) in [6, 6.07) is 16.4. The molecule has 0 fully saturated rings. The predicted octanol–water partition coefficient (Wildman–Crippen LogP) is 1.63. The molecule has 0 saturated heterocycles. The summed E-state index contributed by atoms with van der Waals surface area (Å²) in [5.41, 5.74) is 4.99. The Balaban J connectivity index is 1.40. The number of benzene rings is 2. The molecular formula is C20H19N7. The lowest BCUT2D eigenvalue weighted by atomic mass is 10.1. The van der Waals surface area contributed by atoms with Crippen molar-refractivity contribution in [2.45, 2.75) is 0 Å². The van der Waals surface area contributed by atoms with E-state index in [-0.39, 0.29) is 0 Å². The fourth-order valence-electron chi connectivity index (χ4n) is 3.30. The van der Waals surface area contributed by atoms with E-state index in [1.54, 1.807) is 4.68 Å². The van der Waals surface area contributed by atoms with Crippen molar-refractivity contribution in [1.29, 1.82) is 0 Å². The summed E-state index contributed by atoms with van der Waals surface area (Å²) in [5.74, 6) is 1.91. The van der Waals surface area contributed by atoms with Crippen LogP contribution in [0.3, 0.4) is 0 Å². The van der Waals surface area contributed by atoms with Crippen LogP contribution in [-0.2, 0) is 0 Å². The first-order chi connectivity index (χ1) is 13.4. The van der Waals surface area contributed by atoms with Gasteiger partial charge < -0.3 is 10.6 Å². The third-order valence-corrected chi connectivity index (χ3v) is 4.68. The molecule has 0 spiro atoms. The van der Waals surface area contributed by atoms with E-state index < -0.39 is 0 Å². The van der Waals surface area contributed by atoms with Gasteiger partial charge in [0.05, 0.1) is 25.0 Å². The van der Waals surface area contributed by atoms with E-state index in [1.807, 2.05) is 30.5 Å². The number of hydrogen-bond acceptors (Lipinski definition) is 6. The highest BCUT2D eigenvalue weighted by molar-refractivity contribution is 6.00. The molecule has 0 bridgehead atoms. The van der Waals surface area contributed by atoms with Crippen LogP contribution >= 0.6 is 0 Å². The number of hydrogen-bond donors (Lipinski definition) is 2. The lowest BCUT2D eigenvalue weighted by Crippen LogP contribution is -2.19. The average Bonchev–Trinajstić information content (AvgIpc) is 3.51. The van der Waals surface area contributed by atoms with Gasteiger partial charge in [-0.3, -0.25) is 9.98 Å². The van der Waals surface area contributed by atoms with Crippen LogP contribution in [0.5, 0.6) is 0 Å². The zero-order chi connectivity index (χ0) is 18.1. The second-order valence-electron chi connectivity index (χ2n) is 6.49. The van der Waals surface area contributed by atoms with Gasteiger partial charge in [-0.2, -0.15) is 0 Å². The van der Waals surface area contributed by atoms with Gasteiger partial charge in [0.15, 0.2) is 0 Å². The number of aliphatic imine (C=N–C) groups is 2. The fourth-order valence-corrected chi connectivity index (χ4v) is 3.30. The zero-order valence-electron chi connectivity index (χ0n) is 14.8. The molecule has 27 heavy (non-hydrogen) atoms. The first kappa shape index (κ1) is 15.7. The minimum atomic E-state index is 0.827. The molecule has 5 rings (SSSR count). The summed E-state index contributed by atoms with van der Waals surface area (Å²) in [7, 11) is 0. The third kappa shape index (κ3) is 3.08. The van der Waals surface area contributed by atoms with E-state index in [2.05, 4.69) is 55.2 Å². The SMILES string of the molecule is c1cc(C2=NCCN2)cc(-c2cn(-c3ccc(C4=NCCN4)cc3)nn2)c1. The van der Waals surface area contributed by atoms with Crippen molar-refractivity contribution in [2.75, 3.05) is 26.2 Å². The molecular weight excluding hydrogens is 338 g/mol. The minimum Gasteiger partial charge on any atom is -0.368 e. The van der Waals surface area contributed by atoms with Gasteiger partial charge in [-0.15, -0.1) is 5.10 Å². The van der Waals surface area contributed by atoms with Crippen LogP contribution in [0.25, 0.3) is 16.9 Å². The molecule has 0 radical (unpaired) electrons. The van der Waals surface area contributed by atoms with E-state index in [4.69, 9.17) is 0 Å². The summed E-state index contributed by atoms with van der Waals surface area (Å²) in [6.45, 7) is 3.47. The van der Waals surface area contributed by atoms with Crippen LogP contribution in [0.15, 0.2) is 64.7 Å². The molecule has 2 aliphatic heterocycles. The Labute approximate surface area is 156 Å². The van der Waals surface area contributed by atoms with Gasteiger partial charge >= 0.3 is 0 Å². The van der Waals surface area contributed by atoms with E-state index in [1.165, 1.54) is 0 Å². The van der Waals surface area contributed by atoms with Crippen LogP contribution in [-0.4, -0.2) is 52.8 Å². The van der Waals surface area contributed by atoms with Crippen molar-refractivity contribution in [2.24, 2.45) is 9.98 Å². The number of amidine groups is 2. The Bertz CT molecular complexity index is 1030. The number of rotatable bonds is 4. The van der Waals surface area contributed by atoms with Crippen molar-refractivity contribution >= 4 is 11.7 Å². The van der Waals surface area contributed by atoms with Crippen molar-refractivity contribution in [1.82, 2.24) is 25.6 Å². The van der Waals surface area contributed by atoms with Gasteiger partial charge in [-0.05, 0) is 30.3 Å². The lowest BCUT2D eigenvalue weighted by Gasteiger charge is -2.05. The van der Waals surface area contributed by atoms with Crippen molar-refractivity contribution in [3.63, 3.8) is 0 Å². The maximum absolute atomic E-state index is 4.48. The molecule has 0 amide bonds. The zero-order valence-corrected chi connectivity index (χ0v) is 14.8. The highest BCUT2D eigenvalue weighted by Gasteiger charge is 2.12. The number of nitrogens with one attached hydrogen (secondary N) is 2. The molecule has 1 aromatic heterocycles. The topological polar surface area (TPSA) is 79.5 Å². The Kier molecular flexibility index (Phi) is 3.90.